The number of fused-ring (bicyclic) bond motifs is 1. The lowest BCUT2D eigenvalue weighted by molar-refractivity contribution is 0.198. The van der Waals surface area contributed by atoms with Crippen molar-refractivity contribution in [1.29, 1.82) is 0 Å². The number of amides is 2. The van der Waals surface area contributed by atoms with E-state index in [0.717, 1.165) is 19.3 Å². The van der Waals surface area contributed by atoms with Gasteiger partial charge in [0.15, 0.2) is 0 Å². The van der Waals surface area contributed by atoms with Crippen LogP contribution in [0.3, 0.4) is 0 Å². The van der Waals surface area contributed by atoms with E-state index < -0.39 is 0 Å². The normalized spacial score (nSPS) is 20.1. The van der Waals surface area contributed by atoms with E-state index in [-0.39, 0.29) is 24.2 Å². The predicted molar refractivity (Wildman–Crippen MR) is 79.6 cm³/mol. The average molecular weight is 276 g/mol. The third-order valence-electron chi connectivity index (χ3n) is 4.30. The summed E-state index contributed by atoms with van der Waals surface area (Å²) < 4.78 is 0. The minimum absolute atomic E-state index is 0.0802. The van der Waals surface area contributed by atoms with Gasteiger partial charge in [-0.2, -0.15) is 0 Å². The lowest BCUT2D eigenvalue weighted by Crippen LogP contribution is -2.50. The van der Waals surface area contributed by atoms with Crippen LogP contribution in [0.1, 0.15) is 50.3 Å². The summed E-state index contributed by atoms with van der Waals surface area (Å²) in [4.78, 5) is 12.2. The topological polar surface area (TPSA) is 61.4 Å². The molecule has 1 aliphatic carbocycles. The smallest absolute Gasteiger partial charge is 0.315 e. The quantitative estimate of drug-likeness (QED) is 0.774. The zero-order chi connectivity index (χ0) is 14.6. The number of aryl methyl sites for hydroxylation is 1. The van der Waals surface area contributed by atoms with Gasteiger partial charge >= 0.3 is 6.03 Å². The summed E-state index contributed by atoms with van der Waals surface area (Å²) in [6.07, 6.45) is 3.33. The van der Waals surface area contributed by atoms with Crippen molar-refractivity contribution in [2.45, 2.75) is 51.1 Å². The molecule has 0 aromatic heterocycles. The summed E-state index contributed by atoms with van der Waals surface area (Å²) in [6, 6.07) is 8.21. The second-order valence-electron chi connectivity index (χ2n) is 5.78. The number of rotatable bonds is 5. The van der Waals surface area contributed by atoms with Crippen LogP contribution in [0, 0.1) is 0 Å². The molecule has 0 heterocycles. The second kappa shape index (κ2) is 6.27. The van der Waals surface area contributed by atoms with Gasteiger partial charge in [-0.25, -0.2) is 4.79 Å². The largest absolute Gasteiger partial charge is 0.396 e. The van der Waals surface area contributed by atoms with Crippen LogP contribution in [0.25, 0.3) is 0 Å². The van der Waals surface area contributed by atoms with Crippen molar-refractivity contribution < 1.29 is 9.90 Å². The molecule has 110 valence electrons. The summed E-state index contributed by atoms with van der Waals surface area (Å²) in [5.74, 6) is 0. The van der Waals surface area contributed by atoms with Gasteiger partial charge in [-0.1, -0.05) is 31.2 Å². The van der Waals surface area contributed by atoms with E-state index in [9.17, 15) is 4.79 Å². The van der Waals surface area contributed by atoms with Crippen LogP contribution in [0.4, 0.5) is 4.79 Å². The molecule has 4 nitrogen and oxygen atoms in total. The third-order valence-corrected chi connectivity index (χ3v) is 4.30. The SMILES string of the molecule is CCC(C)(CCO)NC(=O)NC1CCc2ccccc21. The minimum atomic E-state index is -0.350. The molecule has 20 heavy (non-hydrogen) atoms. The van der Waals surface area contributed by atoms with Crippen LogP contribution in [-0.2, 0) is 6.42 Å². The van der Waals surface area contributed by atoms with Gasteiger partial charge in [-0.3, -0.25) is 0 Å². The van der Waals surface area contributed by atoms with Crippen LogP contribution in [0.2, 0.25) is 0 Å². The molecular formula is C16H24N2O2. The molecule has 1 aromatic carbocycles. The highest BCUT2D eigenvalue weighted by Gasteiger charge is 2.27. The number of nitrogens with one attached hydrogen (secondary N) is 2. The van der Waals surface area contributed by atoms with Crippen LogP contribution < -0.4 is 10.6 Å². The van der Waals surface area contributed by atoms with Crippen molar-refractivity contribution in [3.63, 3.8) is 0 Å². The number of carbonyl (C=O) groups excluding carboxylic acids is 1. The van der Waals surface area contributed by atoms with Crippen molar-refractivity contribution in [3.8, 4) is 0 Å². The molecule has 0 spiro atoms. The van der Waals surface area contributed by atoms with E-state index in [4.69, 9.17) is 5.11 Å². The van der Waals surface area contributed by atoms with Crippen LogP contribution in [0.5, 0.6) is 0 Å². The Hall–Kier alpha value is -1.55. The van der Waals surface area contributed by atoms with Gasteiger partial charge in [0.05, 0.1) is 6.04 Å². The van der Waals surface area contributed by atoms with E-state index in [1.54, 1.807) is 0 Å². The molecule has 0 fully saturated rings. The van der Waals surface area contributed by atoms with E-state index in [2.05, 4.69) is 22.8 Å². The highest BCUT2D eigenvalue weighted by molar-refractivity contribution is 5.75. The molecule has 0 saturated carbocycles. The number of carbonyl (C=O) groups is 1. The number of hydrogen-bond acceptors (Lipinski definition) is 2. The molecule has 2 rings (SSSR count). The molecule has 0 saturated heterocycles. The highest BCUT2D eigenvalue weighted by Crippen LogP contribution is 2.30. The Morgan fingerprint density at radius 3 is 2.90 bits per heavy atom. The number of aliphatic hydroxyl groups is 1. The Kier molecular flexibility index (Phi) is 4.65. The van der Waals surface area contributed by atoms with Crippen molar-refractivity contribution in [3.05, 3.63) is 35.4 Å². The first-order chi connectivity index (χ1) is 9.58. The fourth-order valence-electron chi connectivity index (χ4n) is 2.75. The fourth-order valence-corrected chi connectivity index (χ4v) is 2.75. The molecule has 1 aromatic rings. The van der Waals surface area contributed by atoms with Gasteiger partial charge in [0.1, 0.15) is 0 Å². The first-order valence-electron chi connectivity index (χ1n) is 7.35. The van der Waals surface area contributed by atoms with Gasteiger partial charge in [-0.05, 0) is 43.7 Å². The number of aliphatic hydroxyl groups excluding tert-OH is 1. The standard InChI is InChI=1S/C16H24N2O2/c1-3-16(2,10-11-19)18-15(20)17-14-9-8-12-6-4-5-7-13(12)14/h4-7,14,19H,3,8-11H2,1-2H3,(H2,17,18,20). The molecule has 2 amide bonds. The van der Waals surface area contributed by atoms with Crippen molar-refractivity contribution in [1.82, 2.24) is 10.6 Å². The van der Waals surface area contributed by atoms with Gasteiger partial charge < -0.3 is 15.7 Å². The van der Waals surface area contributed by atoms with Crippen molar-refractivity contribution in [2.75, 3.05) is 6.61 Å². The summed E-state index contributed by atoms with van der Waals surface area (Å²) >= 11 is 0. The molecule has 1 aliphatic rings. The Morgan fingerprint density at radius 1 is 1.45 bits per heavy atom. The predicted octanol–water partition coefficient (Wildman–Crippen LogP) is 2.52. The molecule has 0 bridgehead atoms. The highest BCUT2D eigenvalue weighted by atomic mass is 16.3. The maximum atomic E-state index is 12.2. The Labute approximate surface area is 120 Å². The summed E-state index contributed by atoms with van der Waals surface area (Å²) in [6.45, 7) is 4.06. The monoisotopic (exact) mass is 276 g/mol. The van der Waals surface area contributed by atoms with Crippen molar-refractivity contribution >= 4 is 6.03 Å². The van der Waals surface area contributed by atoms with Crippen molar-refractivity contribution in [2.24, 2.45) is 0 Å². The van der Waals surface area contributed by atoms with E-state index >= 15 is 0 Å². The zero-order valence-electron chi connectivity index (χ0n) is 12.3. The maximum Gasteiger partial charge on any atom is 0.315 e. The Morgan fingerprint density at radius 2 is 2.20 bits per heavy atom. The molecule has 0 radical (unpaired) electrons. The van der Waals surface area contributed by atoms with E-state index in [1.165, 1.54) is 11.1 Å². The van der Waals surface area contributed by atoms with Crippen LogP contribution >= 0.6 is 0 Å². The summed E-state index contributed by atoms with van der Waals surface area (Å²) in [5.41, 5.74) is 2.20. The molecule has 0 aliphatic heterocycles. The zero-order valence-corrected chi connectivity index (χ0v) is 12.3. The number of hydrogen-bond donors (Lipinski definition) is 3. The first-order valence-corrected chi connectivity index (χ1v) is 7.35. The summed E-state index contributed by atoms with van der Waals surface area (Å²) in [7, 11) is 0. The fraction of sp³-hybridized carbons (Fsp3) is 0.562. The lowest BCUT2D eigenvalue weighted by Gasteiger charge is -2.30. The molecule has 4 heteroatoms. The first kappa shape index (κ1) is 14.9. The maximum absolute atomic E-state index is 12.2. The van der Waals surface area contributed by atoms with Gasteiger partial charge in [-0.15, -0.1) is 0 Å². The minimum Gasteiger partial charge on any atom is -0.396 e. The molecular weight excluding hydrogens is 252 g/mol. The van der Waals surface area contributed by atoms with Gasteiger partial charge in [0, 0.05) is 12.1 Å². The molecule has 3 N–H and O–H groups in total. The number of benzene rings is 1. The lowest BCUT2D eigenvalue weighted by atomic mass is 9.95. The van der Waals surface area contributed by atoms with E-state index in [0.29, 0.717) is 6.42 Å². The van der Waals surface area contributed by atoms with Crippen LogP contribution in [-0.4, -0.2) is 23.3 Å². The molecule has 2 unspecified atom stereocenters. The number of urea groups is 1. The Bertz CT molecular complexity index is 475. The van der Waals surface area contributed by atoms with Crippen LogP contribution in [0.15, 0.2) is 24.3 Å². The second-order valence-corrected chi connectivity index (χ2v) is 5.78. The van der Waals surface area contributed by atoms with E-state index in [1.807, 2.05) is 26.0 Å². The molecule has 2 atom stereocenters. The average Bonchev–Trinajstić information content (AvgIpc) is 2.82. The summed E-state index contributed by atoms with van der Waals surface area (Å²) in [5, 5.41) is 15.1. The van der Waals surface area contributed by atoms with Gasteiger partial charge in [0.25, 0.3) is 0 Å². The third kappa shape index (κ3) is 3.31. The van der Waals surface area contributed by atoms with Gasteiger partial charge in [0.2, 0.25) is 0 Å². The Balaban J connectivity index is 1.96.